The highest BCUT2D eigenvalue weighted by Crippen LogP contribution is 2.44. The summed E-state index contributed by atoms with van der Waals surface area (Å²) in [7, 11) is 1.92. The Morgan fingerprint density at radius 1 is 1.11 bits per heavy atom. The Hall–Kier alpha value is -3.89. The van der Waals surface area contributed by atoms with Gasteiger partial charge in [0, 0.05) is 18.5 Å². The van der Waals surface area contributed by atoms with E-state index < -0.39 is 11.9 Å². The number of allylic oxidation sites excluding steroid dienone is 1. The molecule has 0 atom stereocenters. The van der Waals surface area contributed by atoms with E-state index in [-0.39, 0.29) is 36.4 Å². The SMILES string of the molecule is C=CCn1c(=O)/c(=C2/Sc3ccccc3N2C)s/c1=C1/C(=O)N(c2ccccc2)N=C1CC(=O)OCC. The van der Waals surface area contributed by atoms with Crippen LogP contribution in [0.15, 0.2) is 82.0 Å². The van der Waals surface area contributed by atoms with Gasteiger partial charge in [-0.05, 0) is 31.2 Å². The van der Waals surface area contributed by atoms with Crippen LogP contribution in [-0.4, -0.2) is 35.8 Å². The normalized spacial score (nSPS) is 17.7. The number of para-hydroxylation sites is 2. The molecule has 10 heteroatoms. The zero-order chi connectivity index (χ0) is 26.1. The predicted molar refractivity (Wildman–Crippen MR) is 148 cm³/mol. The first-order chi connectivity index (χ1) is 17.9. The van der Waals surface area contributed by atoms with Crippen molar-refractivity contribution in [2.45, 2.75) is 24.8 Å². The van der Waals surface area contributed by atoms with Gasteiger partial charge in [0.15, 0.2) is 0 Å². The molecule has 0 aliphatic carbocycles. The van der Waals surface area contributed by atoms with Gasteiger partial charge < -0.3 is 9.64 Å². The van der Waals surface area contributed by atoms with Gasteiger partial charge in [-0.3, -0.25) is 19.0 Å². The van der Waals surface area contributed by atoms with E-state index in [0.717, 1.165) is 15.6 Å². The van der Waals surface area contributed by atoms with Crippen molar-refractivity contribution in [1.29, 1.82) is 0 Å². The molecule has 37 heavy (non-hydrogen) atoms. The van der Waals surface area contributed by atoms with Crippen LogP contribution in [-0.2, 0) is 20.9 Å². The van der Waals surface area contributed by atoms with Crippen LogP contribution in [0, 0.1) is 0 Å². The zero-order valence-corrected chi connectivity index (χ0v) is 22.0. The maximum absolute atomic E-state index is 13.8. The Labute approximate surface area is 221 Å². The summed E-state index contributed by atoms with van der Waals surface area (Å²) in [5.74, 6) is -0.899. The second-order valence-electron chi connectivity index (χ2n) is 8.23. The molecule has 0 unspecified atom stereocenters. The van der Waals surface area contributed by atoms with Crippen molar-refractivity contribution < 1.29 is 14.3 Å². The maximum atomic E-state index is 13.8. The highest BCUT2D eigenvalue weighted by molar-refractivity contribution is 8.08. The van der Waals surface area contributed by atoms with Gasteiger partial charge in [-0.1, -0.05) is 48.2 Å². The molecular weight excluding hydrogens is 508 g/mol. The van der Waals surface area contributed by atoms with Gasteiger partial charge in [-0.15, -0.1) is 17.9 Å². The minimum Gasteiger partial charge on any atom is -0.466 e. The first kappa shape index (κ1) is 24.8. The molecule has 0 saturated carbocycles. The number of hydrogen-bond donors (Lipinski definition) is 0. The fraction of sp³-hybridized carbons (Fsp3) is 0.185. The van der Waals surface area contributed by atoms with E-state index in [0.29, 0.717) is 14.9 Å². The summed E-state index contributed by atoms with van der Waals surface area (Å²) >= 11 is 2.74. The number of thiazole rings is 1. The van der Waals surface area contributed by atoms with E-state index in [1.165, 1.54) is 32.7 Å². The molecule has 3 heterocycles. The number of amides is 1. The zero-order valence-electron chi connectivity index (χ0n) is 20.3. The van der Waals surface area contributed by atoms with Crippen molar-refractivity contribution in [2.24, 2.45) is 5.10 Å². The van der Waals surface area contributed by atoms with Crippen molar-refractivity contribution in [3.8, 4) is 0 Å². The second kappa shape index (κ2) is 10.2. The molecule has 2 aliphatic heterocycles. The summed E-state index contributed by atoms with van der Waals surface area (Å²) in [5.41, 5.74) is 1.83. The molecule has 2 aromatic carbocycles. The predicted octanol–water partition coefficient (Wildman–Crippen LogP) is 2.91. The molecule has 1 aromatic heterocycles. The van der Waals surface area contributed by atoms with Crippen LogP contribution in [0.25, 0.3) is 10.6 Å². The number of carbonyl (C=O) groups is 2. The lowest BCUT2D eigenvalue weighted by Gasteiger charge is -2.11. The minimum atomic E-state index is -0.494. The molecule has 1 amide bonds. The monoisotopic (exact) mass is 532 g/mol. The summed E-state index contributed by atoms with van der Waals surface area (Å²) in [6, 6.07) is 16.9. The molecule has 0 N–H and O–H groups in total. The van der Waals surface area contributed by atoms with E-state index >= 15 is 0 Å². The van der Waals surface area contributed by atoms with Crippen molar-refractivity contribution in [3.05, 3.63) is 86.8 Å². The third-order valence-corrected chi connectivity index (χ3v) is 8.43. The van der Waals surface area contributed by atoms with Gasteiger partial charge in [0.1, 0.15) is 14.2 Å². The Bertz CT molecular complexity index is 1620. The maximum Gasteiger partial charge on any atom is 0.311 e. The Morgan fingerprint density at radius 2 is 1.84 bits per heavy atom. The van der Waals surface area contributed by atoms with Crippen LogP contribution < -0.4 is 24.7 Å². The van der Waals surface area contributed by atoms with Gasteiger partial charge in [0.05, 0.1) is 35.7 Å². The van der Waals surface area contributed by atoms with Crippen molar-refractivity contribution in [1.82, 2.24) is 4.57 Å². The number of ether oxygens (including phenoxy) is 1. The van der Waals surface area contributed by atoms with Crippen molar-refractivity contribution in [2.75, 3.05) is 23.6 Å². The number of benzene rings is 2. The molecule has 0 radical (unpaired) electrons. The molecule has 188 valence electrons. The van der Waals surface area contributed by atoms with Crippen LogP contribution in [0.4, 0.5) is 11.4 Å². The standard InChI is InChI=1S/C27H24N4O4S2/c1-4-15-30-25(34)23(27-29(3)19-13-9-10-14-20(19)36-27)37-26(30)22-18(16-21(32)35-5-2)28-31(24(22)33)17-11-7-6-8-12-17/h4,6-14H,1,5,15-16H2,2-3H3/b26-22+,27-23-. The molecule has 0 fully saturated rings. The Kier molecular flexibility index (Phi) is 6.86. The highest BCUT2D eigenvalue weighted by Gasteiger charge is 2.35. The smallest absolute Gasteiger partial charge is 0.311 e. The number of hydrogen-bond acceptors (Lipinski definition) is 8. The van der Waals surface area contributed by atoms with Crippen LogP contribution in [0.1, 0.15) is 13.3 Å². The molecule has 0 spiro atoms. The third kappa shape index (κ3) is 4.42. The fourth-order valence-electron chi connectivity index (χ4n) is 4.20. The first-order valence-electron chi connectivity index (χ1n) is 11.7. The van der Waals surface area contributed by atoms with Crippen LogP contribution in [0.3, 0.4) is 0 Å². The van der Waals surface area contributed by atoms with Crippen LogP contribution in [0.2, 0.25) is 0 Å². The highest BCUT2D eigenvalue weighted by atomic mass is 32.2. The second-order valence-corrected chi connectivity index (χ2v) is 10.3. The first-order valence-corrected chi connectivity index (χ1v) is 13.3. The minimum absolute atomic E-state index is 0.190. The van der Waals surface area contributed by atoms with Gasteiger partial charge in [0.25, 0.3) is 11.5 Å². The average Bonchev–Trinajstić information content (AvgIpc) is 3.51. The quantitative estimate of drug-likeness (QED) is 0.359. The van der Waals surface area contributed by atoms with Gasteiger partial charge in [-0.2, -0.15) is 10.1 Å². The number of fused-ring (bicyclic) bond motifs is 1. The Morgan fingerprint density at radius 3 is 2.54 bits per heavy atom. The van der Waals surface area contributed by atoms with E-state index in [2.05, 4.69) is 11.7 Å². The van der Waals surface area contributed by atoms with E-state index in [4.69, 9.17) is 4.74 Å². The van der Waals surface area contributed by atoms with Crippen LogP contribution >= 0.6 is 23.1 Å². The van der Waals surface area contributed by atoms with Crippen molar-refractivity contribution >= 4 is 62.7 Å². The van der Waals surface area contributed by atoms with Gasteiger partial charge >= 0.3 is 5.97 Å². The molecule has 0 bridgehead atoms. The van der Waals surface area contributed by atoms with Crippen molar-refractivity contribution in [3.63, 3.8) is 0 Å². The molecule has 2 aliphatic rings. The number of nitrogens with zero attached hydrogens (tertiary/aromatic N) is 4. The number of thioether (sulfide) groups is 1. The summed E-state index contributed by atoms with van der Waals surface area (Å²) in [5, 5.41) is 6.57. The largest absolute Gasteiger partial charge is 0.466 e. The average molecular weight is 533 g/mol. The lowest BCUT2D eigenvalue weighted by atomic mass is 10.1. The third-order valence-electron chi connectivity index (χ3n) is 5.87. The molecule has 3 aromatic rings. The van der Waals surface area contributed by atoms with Crippen LogP contribution in [0.5, 0.6) is 0 Å². The lowest BCUT2D eigenvalue weighted by Crippen LogP contribution is -2.35. The lowest BCUT2D eigenvalue weighted by molar-refractivity contribution is -0.141. The molecule has 8 nitrogen and oxygen atoms in total. The van der Waals surface area contributed by atoms with E-state index in [1.54, 1.807) is 37.3 Å². The summed E-state index contributed by atoms with van der Waals surface area (Å²) in [6.07, 6.45) is 1.42. The number of rotatable bonds is 6. The molecule has 5 rings (SSSR count). The number of anilines is 2. The number of hydrazone groups is 1. The number of carbonyl (C=O) groups excluding carboxylic acids is 2. The molecular formula is C27H24N4O4S2. The summed E-state index contributed by atoms with van der Waals surface area (Å²) in [6.45, 7) is 5.94. The topological polar surface area (TPSA) is 84.2 Å². The van der Waals surface area contributed by atoms with E-state index in [9.17, 15) is 14.4 Å². The summed E-state index contributed by atoms with van der Waals surface area (Å²) in [4.78, 5) is 42.9. The number of aromatic nitrogens is 1. The van der Waals surface area contributed by atoms with Gasteiger partial charge in [0.2, 0.25) is 0 Å². The van der Waals surface area contributed by atoms with Gasteiger partial charge in [-0.25, -0.2) is 0 Å². The summed E-state index contributed by atoms with van der Waals surface area (Å²) < 4.78 is 7.61. The fourth-order valence-corrected chi connectivity index (χ4v) is 6.72. The van der Waals surface area contributed by atoms with E-state index in [1.807, 2.05) is 42.3 Å². The number of esters is 1. The Balaban J connectivity index is 1.75. The molecule has 0 saturated heterocycles.